The topological polar surface area (TPSA) is 32.3 Å². The van der Waals surface area contributed by atoms with E-state index in [2.05, 4.69) is 24.1 Å². The molecule has 0 spiro atoms. The highest BCUT2D eigenvalue weighted by Gasteiger charge is 2.35. The highest BCUT2D eigenvalue weighted by atomic mass is 16.2. The average Bonchev–Trinajstić information content (AvgIpc) is 2.08. The van der Waals surface area contributed by atoms with Gasteiger partial charge in [-0.3, -0.25) is 4.79 Å². The third-order valence-corrected chi connectivity index (χ3v) is 3.52. The van der Waals surface area contributed by atoms with Crippen molar-refractivity contribution in [2.75, 3.05) is 6.54 Å². The number of rotatable bonds is 3. The monoisotopic (exact) mass is 210 g/mol. The largest absolute Gasteiger partial charge is 0.338 e. The Balaban J connectivity index is 1.93. The van der Waals surface area contributed by atoms with E-state index in [4.69, 9.17) is 0 Å². The van der Waals surface area contributed by atoms with Crippen molar-refractivity contribution in [2.24, 2.45) is 0 Å². The highest BCUT2D eigenvalue weighted by Crippen LogP contribution is 2.28. The normalized spacial score (nSPS) is 28.3. The number of piperidine rings is 1. The third kappa shape index (κ3) is 2.33. The minimum Gasteiger partial charge on any atom is -0.338 e. The summed E-state index contributed by atoms with van der Waals surface area (Å²) in [5, 5.41) is 3.37. The Morgan fingerprint density at radius 1 is 1.27 bits per heavy atom. The first-order chi connectivity index (χ1) is 7.18. The van der Waals surface area contributed by atoms with E-state index < -0.39 is 0 Å². The molecule has 1 saturated heterocycles. The van der Waals surface area contributed by atoms with Gasteiger partial charge in [0.15, 0.2) is 0 Å². The Bertz CT molecular complexity index is 236. The van der Waals surface area contributed by atoms with Crippen LogP contribution < -0.4 is 5.32 Å². The van der Waals surface area contributed by atoms with Crippen molar-refractivity contribution in [3.05, 3.63) is 0 Å². The molecule has 3 heteroatoms. The maximum absolute atomic E-state index is 12.2. The molecule has 2 rings (SSSR count). The summed E-state index contributed by atoms with van der Waals surface area (Å²) in [5.41, 5.74) is 0. The van der Waals surface area contributed by atoms with E-state index in [9.17, 15) is 4.79 Å². The second kappa shape index (κ2) is 4.52. The van der Waals surface area contributed by atoms with Gasteiger partial charge in [0.05, 0.1) is 6.04 Å². The Hall–Kier alpha value is -0.570. The fourth-order valence-electron chi connectivity index (χ4n) is 2.52. The summed E-state index contributed by atoms with van der Waals surface area (Å²) in [4.78, 5) is 14.3. The van der Waals surface area contributed by atoms with Crippen molar-refractivity contribution < 1.29 is 4.79 Å². The van der Waals surface area contributed by atoms with E-state index in [1.807, 2.05) is 0 Å². The zero-order chi connectivity index (χ0) is 10.8. The average molecular weight is 210 g/mol. The van der Waals surface area contributed by atoms with E-state index >= 15 is 0 Å². The molecule has 0 aromatic heterocycles. The second-order valence-corrected chi connectivity index (χ2v) is 5.13. The quantitative estimate of drug-likeness (QED) is 0.766. The van der Waals surface area contributed by atoms with Gasteiger partial charge in [-0.25, -0.2) is 0 Å². The number of hydrogen-bond donors (Lipinski definition) is 1. The van der Waals surface area contributed by atoms with Gasteiger partial charge in [-0.2, -0.15) is 0 Å². The Morgan fingerprint density at radius 3 is 2.53 bits per heavy atom. The fourth-order valence-corrected chi connectivity index (χ4v) is 2.52. The number of carbonyl (C=O) groups excluding carboxylic acids is 1. The summed E-state index contributed by atoms with van der Waals surface area (Å²) in [5.74, 6) is 0.347. The molecule has 1 saturated carbocycles. The molecule has 0 bridgehead atoms. The van der Waals surface area contributed by atoms with Gasteiger partial charge in [-0.1, -0.05) is 13.8 Å². The van der Waals surface area contributed by atoms with Crippen molar-refractivity contribution in [1.29, 1.82) is 0 Å². The SMILES string of the molecule is CC(C)NC1CCCN(C2CCC2)C1=O. The molecule has 15 heavy (non-hydrogen) atoms. The molecule has 0 aromatic rings. The molecule has 2 fully saturated rings. The molecule has 2 aliphatic rings. The van der Waals surface area contributed by atoms with Gasteiger partial charge < -0.3 is 10.2 Å². The minimum atomic E-state index is 0.0827. The number of carbonyl (C=O) groups is 1. The number of amides is 1. The number of nitrogens with one attached hydrogen (secondary N) is 1. The lowest BCUT2D eigenvalue weighted by atomic mass is 9.89. The van der Waals surface area contributed by atoms with E-state index in [0.717, 1.165) is 19.4 Å². The van der Waals surface area contributed by atoms with E-state index in [1.165, 1.54) is 19.3 Å². The van der Waals surface area contributed by atoms with Gasteiger partial charge in [0, 0.05) is 18.6 Å². The summed E-state index contributed by atoms with van der Waals surface area (Å²) < 4.78 is 0. The van der Waals surface area contributed by atoms with E-state index in [1.54, 1.807) is 0 Å². The standard InChI is InChI=1S/C12H22N2O/c1-9(2)13-11-7-4-8-14(12(11)15)10-5-3-6-10/h9-11,13H,3-8H2,1-2H3. The van der Waals surface area contributed by atoms with Gasteiger partial charge in [-0.15, -0.1) is 0 Å². The van der Waals surface area contributed by atoms with Crippen LogP contribution in [-0.4, -0.2) is 35.5 Å². The van der Waals surface area contributed by atoms with Crippen molar-refractivity contribution in [3.63, 3.8) is 0 Å². The van der Waals surface area contributed by atoms with Crippen LogP contribution >= 0.6 is 0 Å². The Labute approximate surface area is 92.2 Å². The predicted molar refractivity (Wildman–Crippen MR) is 60.6 cm³/mol. The summed E-state index contributed by atoms with van der Waals surface area (Å²) in [7, 11) is 0. The zero-order valence-corrected chi connectivity index (χ0v) is 9.83. The van der Waals surface area contributed by atoms with E-state index in [-0.39, 0.29) is 6.04 Å². The maximum atomic E-state index is 12.2. The summed E-state index contributed by atoms with van der Waals surface area (Å²) in [6, 6.07) is 1.05. The molecule has 0 aromatic carbocycles. The lowest BCUT2D eigenvalue weighted by Gasteiger charge is -2.42. The molecule has 0 radical (unpaired) electrons. The van der Waals surface area contributed by atoms with Crippen LogP contribution in [0.15, 0.2) is 0 Å². The Kier molecular flexibility index (Phi) is 3.29. The lowest BCUT2D eigenvalue weighted by molar-refractivity contribution is -0.140. The lowest BCUT2D eigenvalue weighted by Crippen LogP contribution is -2.56. The van der Waals surface area contributed by atoms with Gasteiger partial charge in [0.25, 0.3) is 0 Å². The van der Waals surface area contributed by atoms with Gasteiger partial charge in [0.1, 0.15) is 0 Å². The smallest absolute Gasteiger partial charge is 0.239 e. The number of likely N-dealkylation sites (tertiary alicyclic amines) is 1. The molecule has 1 N–H and O–H groups in total. The number of hydrogen-bond acceptors (Lipinski definition) is 2. The minimum absolute atomic E-state index is 0.0827. The summed E-state index contributed by atoms with van der Waals surface area (Å²) >= 11 is 0. The van der Waals surface area contributed by atoms with Gasteiger partial charge >= 0.3 is 0 Å². The third-order valence-electron chi connectivity index (χ3n) is 3.52. The Morgan fingerprint density at radius 2 is 2.00 bits per heavy atom. The molecule has 1 unspecified atom stereocenters. The predicted octanol–water partition coefficient (Wildman–Crippen LogP) is 1.53. The van der Waals surface area contributed by atoms with E-state index in [0.29, 0.717) is 18.0 Å². The first-order valence-corrected chi connectivity index (χ1v) is 6.25. The molecule has 3 nitrogen and oxygen atoms in total. The van der Waals surface area contributed by atoms with Crippen molar-refractivity contribution >= 4 is 5.91 Å². The summed E-state index contributed by atoms with van der Waals surface area (Å²) in [6.45, 7) is 5.20. The van der Waals surface area contributed by atoms with Crippen LogP contribution in [0.5, 0.6) is 0 Å². The molecule has 1 heterocycles. The first kappa shape index (κ1) is 10.9. The summed E-state index contributed by atoms with van der Waals surface area (Å²) in [6.07, 6.45) is 5.92. The van der Waals surface area contributed by atoms with Crippen molar-refractivity contribution in [3.8, 4) is 0 Å². The maximum Gasteiger partial charge on any atom is 0.239 e. The zero-order valence-electron chi connectivity index (χ0n) is 9.83. The van der Waals surface area contributed by atoms with Crippen LogP contribution in [0.4, 0.5) is 0 Å². The van der Waals surface area contributed by atoms with Crippen LogP contribution in [0.25, 0.3) is 0 Å². The van der Waals surface area contributed by atoms with Crippen LogP contribution in [-0.2, 0) is 4.79 Å². The van der Waals surface area contributed by atoms with Crippen LogP contribution in [0.3, 0.4) is 0 Å². The molecular formula is C12H22N2O. The molecule has 86 valence electrons. The second-order valence-electron chi connectivity index (χ2n) is 5.13. The van der Waals surface area contributed by atoms with Crippen LogP contribution in [0, 0.1) is 0 Å². The first-order valence-electron chi connectivity index (χ1n) is 6.25. The molecule has 1 amide bonds. The number of nitrogens with zero attached hydrogens (tertiary/aromatic N) is 1. The van der Waals surface area contributed by atoms with Crippen LogP contribution in [0.1, 0.15) is 46.0 Å². The van der Waals surface area contributed by atoms with Crippen molar-refractivity contribution in [1.82, 2.24) is 10.2 Å². The molecule has 1 aliphatic carbocycles. The fraction of sp³-hybridized carbons (Fsp3) is 0.917. The highest BCUT2D eigenvalue weighted by molar-refractivity contribution is 5.83. The van der Waals surface area contributed by atoms with Crippen LogP contribution in [0.2, 0.25) is 0 Å². The molecule has 1 atom stereocenters. The molecular weight excluding hydrogens is 188 g/mol. The molecule has 1 aliphatic heterocycles. The van der Waals surface area contributed by atoms with Gasteiger partial charge in [0.2, 0.25) is 5.91 Å². The van der Waals surface area contributed by atoms with Gasteiger partial charge in [-0.05, 0) is 32.1 Å². The van der Waals surface area contributed by atoms with Crippen molar-refractivity contribution in [2.45, 2.75) is 64.1 Å².